The zero-order chi connectivity index (χ0) is 15.2. The number of benzene rings is 2. The van der Waals surface area contributed by atoms with E-state index < -0.39 is 6.10 Å². The lowest BCUT2D eigenvalue weighted by atomic mass is 10.1. The number of hydrogen-bond acceptors (Lipinski definition) is 2. The van der Waals surface area contributed by atoms with Gasteiger partial charge >= 0.3 is 0 Å². The van der Waals surface area contributed by atoms with E-state index in [4.69, 9.17) is 23.2 Å². The second kappa shape index (κ2) is 7.81. The summed E-state index contributed by atoms with van der Waals surface area (Å²) in [7, 11) is 2.04. The van der Waals surface area contributed by atoms with Crippen LogP contribution in [0.25, 0.3) is 0 Å². The van der Waals surface area contributed by atoms with Crippen LogP contribution in [0.4, 0.5) is 0 Å². The normalized spacial score (nSPS) is 12.6. The number of hydrogen-bond donors (Lipinski definition) is 1. The van der Waals surface area contributed by atoms with Crippen LogP contribution in [0.1, 0.15) is 23.7 Å². The van der Waals surface area contributed by atoms with E-state index in [1.165, 1.54) is 5.56 Å². The first-order valence-corrected chi connectivity index (χ1v) is 7.66. The minimum atomic E-state index is -0.463. The maximum atomic E-state index is 10.2. The first kappa shape index (κ1) is 16.3. The number of rotatable bonds is 6. The van der Waals surface area contributed by atoms with E-state index in [2.05, 4.69) is 4.90 Å². The lowest BCUT2D eigenvalue weighted by Gasteiger charge is -2.19. The lowest BCUT2D eigenvalue weighted by molar-refractivity contribution is 0.147. The van der Waals surface area contributed by atoms with E-state index >= 15 is 0 Å². The van der Waals surface area contributed by atoms with Crippen LogP contribution in [0.3, 0.4) is 0 Å². The summed E-state index contributed by atoms with van der Waals surface area (Å²) in [6.07, 6.45) is 0.223. The quantitative estimate of drug-likeness (QED) is 0.843. The summed E-state index contributed by atoms with van der Waals surface area (Å²) in [5.41, 5.74) is 2.11. The SMILES string of the molecule is CN(CCC(O)c1ccc(Cl)cc1)Cc1ccc(Cl)cc1. The fourth-order valence-electron chi connectivity index (χ4n) is 2.17. The molecule has 2 nitrogen and oxygen atoms in total. The molecule has 0 amide bonds. The molecule has 0 saturated heterocycles. The molecule has 2 rings (SSSR count). The van der Waals surface area contributed by atoms with Crippen molar-refractivity contribution in [2.75, 3.05) is 13.6 Å². The molecule has 21 heavy (non-hydrogen) atoms. The third-order valence-corrected chi connectivity index (χ3v) is 3.91. The fraction of sp³-hybridized carbons (Fsp3) is 0.294. The summed E-state index contributed by atoms with van der Waals surface area (Å²) in [6, 6.07) is 15.2. The van der Waals surface area contributed by atoms with Crippen LogP contribution < -0.4 is 0 Å². The molecule has 1 unspecified atom stereocenters. The lowest BCUT2D eigenvalue weighted by Crippen LogP contribution is -2.20. The highest BCUT2D eigenvalue weighted by molar-refractivity contribution is 6.30. The molecule has 0 spiro atoms. The average Bonchev–Trinajstić information content (AvgIpc) is 2.48. The molecule has 0 bridgehead atoms. The van der Waals surface area contributed by atoms with Crippen LogP contribution >= 0.6 is 23.2 Å². The third-order valence-electron chi connectivity index (χ3n) is 3.40. The zero-order valence-corrected chi connectivity index (χ0v) is 13.5. The van der Waals surface area contributed by atoms with Crippen LogP contribution in [0.2, 0.25) is 10.0 Å². The van der Waals surface area contributed by atoms with E-state index in [9.17, 15) is 5.11 Å². The van der Waals surface area contributed by atoms with Gasteiger partial charge < -0.3 is 10.0 Å². The minimum Gasteiger partial charge on any atom is -0.388 e. The van der Waals surface area contributed by atoms with Gasteiger partial charge in [-0.2, -0.15) is 0 Å². The molecule has 2 aromatic carbocycles. The Kier molecular flexibility index (Phi) is 6.07. The van der Waals surface area contributed by atoms with E-state index in [-0.39, 0.29) is 0 Å². The zero-order valence-electron chi connectivity index (χ0n) is 12.0. The van der Waals surface area contributed by atoms with Gasteiger partial charge in [0.2, 0.25) is 0 Å². The minimum absolute atomic E-state index is 0.463. The first-order chi connectivity index (χ1) is 10.0. The first-order valence-electron chi connectivity index (χ1n) is 6.91. The van der Waals surface area contributed by atoms with Gasteiger partial charge in [0, 0.05) is 23.1 Å². The van der Waals surface area contributed by atoms with Crippen molar-refractivity contribution in [2.45, 2.75) is 19.1 Å². The van der Waals surface area contributed by atoms with Gasteiger partial charge in [-0.05, 0) is 48.9 Å². The molecule has 0 heterocycles. The fourth-order valence-corrected chi connectivity index (χ4v) is 2.43. The summed E-state index contributed by atoms with van der Waals surface area (Å²) in [6.45, 7) is 1.65. The number of aliphatic hydroxyl groups is 1. The van der Waals surface area contributed by atoms with Gasteiger partial charge in [-0.25, -0.2) is 0 Å². The highest BCUT2D eigenvalue weighted by atomic mass is 35.5. The van der Waals surface area contributed by atoms with Gasteiger partial charge in [0.25, 0.3) is 0 Å². The highest BCUT2D eigenvalue weighted by Gasteiger charge is 2.09. The molecule has 0 saturated carbocycles. The van der Waals surface area contributed by atoms with Crippen molar-refractivity contribution in [2.24, 2.45) is 0 Å². The Morgan fingerprint density at radius 3 is 2.05 bits per heavy atom. The summed E-state index contributed by atoms with van der Waals surface area (Å²) < 4.78 is 0. The van der Waals surface area contributed by atoms with Crippen LogP contribution in [0.5, 0.6) is 0 Å². The smallest absolute Gasteiger partial charge is 0.0802 e. The van der Waals surface area contributed by atoms with E-state index in [0.717, 1.165) is 23.7 Å². The Balaban J connectivity index is 1.81. The predicted octanol–water partition coefficient (Wildman–Crippen LogP) is 4.55. The number of aliphatic hydroxyl groups excluding tert-OH is 1. The monoisotopic (exact) mass is 323 g/mol. The Hall–Kier alpha value is -1.06. The van der Waals surface area contributed by atoms with Crippen molar-refractivity contribution in [3.8, 4) is 0 Å². The average molecular weight is 324 g/mol. The Labute approximate surface area is 135 Å². The van der Waals surface area contributed by atoms with Gasteiger partial charge in [0.05, 0.1) is 6.10 Å². The van der Waals surface area contributed by atoms with Crippen molar-refractivity contribution in [3.05, 3.63) is 69.7 Å². The predicted molar refractivity (Wildman–Crippen MR) is 88.8 cm³/mol. The van der Waals surface area contributed by atoms with Gasteiger partial charge in [-0.1, -0.05) is 47.5 Å². The van der Waals surface area contributed by atoms with Crippen LogP contribution in [-0.4, -0.2) is 23.6 Å². The van der Waals surface area contributed by atoms with E-state index in [1.807, 2.05) is 43.4 Å². The molecule has 0 radical (unpaired) electrons. The summed E-state index contributed by atoms with van der Waals surface area (Å²) in [5, 5.41) is 11.6. The van der Waals surface area contributed by atoms with Crippen molar-refractivity contribution in [1.82, 2.24) is 4.90 Å². The molecule has 0 fully saturated rings. The molecule has 1 atom stereocenters. The number of nitrogens with zero attached hydrogens (tertiary/aromatic N) is 1. The Bertz CT molecular complexity index is 554. The van der Waals surface area contributed by atoms with E-state index in [1.54, 1.807) is 12.1 Å². The number of halogens is 2. The van der Waals surface area contributed by atoms with Gasteiger partial charge in [-0.15, -0.1) is 0 Å². The summed E-state index contributed by atoms with van der Waals surface area (Å²) in [5.74, 6) is 0. The van der Waals surface area contributed by atoms with Gasteiger partial charge in [-0.3, -0.25) is 0 Å². The molecular formula is C17H19Cl2NO. The van der Waals surface area contributed by atoms with Crippen molar-refractivity contribution >= 4 is 23.2 Å². The van der Waals surface area contributed by atoms with Crippen LogP contribution in [0, 0.1) is 0 Å². The topological polar surface area (TPSA) is 23.5 Å². The third kappa shape index (κ3) is 5.33. The maximum absolute atomic E-state index is 10.2. The molecule has 0 aliphatic heterocycles. The molecule has 0 aliphatic carbocycles. The highest BCUT2D eigenvalue weighted by Crippen LogP contribution is 2.19. The molecule has 2 aromatic rings. The van der Waals surface area contributed by atoms with Crippen molar-refractivity contribution < 1.29 is 5.11 Å². The largest absolute Gasteiger partial charge is 0.388 e. The summed E-state index contributed by atoms with van der Waals surface area (Å²) >= 11 is 11.7. The Morgan fingerprint density at radius 1 is 0.952 bits per heavy atom. The second-order valence-corrected chi connectivity index (χ2v) is 6.09. The van der Waals surface area contributed by atoms with Crippen molar-refractivity contribution in [1.29, 1.82) is 0 Å². The molecule has 1 N–H and O–H groups in total. The van der Waals surface area contributed by atoms with Crippen LogP contribution in [0.15, 0.2) is 48.5 Å². The Morgan fingerprint density at radius 2 is 1.48 bits per heavy atom. The standard InChI is InChI=1S/C17H19Cl2NO/c1-20(12-13-2-6-15(18)7-3-13)11-10-17(21)14-4-8-16(19)9-5-14/h2-9,17,21H,10-12H2,1H3. The van der Waals surface area contributed by atoms with Crippen molar-refractivity contribution in [3.63, 3.8) is 0 Å². The molecule has 112 valence electrons. The van der Waals surface area contributed by atoms with Crippen LogP contribution in [-0.2, 0) is 6.54 Å². The van der Waals surface area contributed by atoms with Gasteiger partial charge in [0.1, 0.15) is 0 Å². The molecule has 0 aromatic heterocycles. The molecular weight excluding hydrogens is 305 g/mol. The second-order valence-electron chi connectivity index (χ2n) is 5.22. The molecule has 4 heteroatoms. The van der Waals surface area contributed by atoms with E-state index in [0.29, 0.717) is 11.4 Å². The molecule has 0 aliphatic rings. The van der Waals surface area contributed by atoms with Gasteiger partial charge in [0.15, 0.2) is 0 Å². The maximum Gasteiger partial charge on any atom is 0.0802 e. The summed E-state index contributed by atoms with van der Waals surface area (Å²) in [4.78, 5) is 2.18.